The Hall–Kier alpha value is -1.52. The van der Waals surface area contributed by atoms with Crippen molar-refractivity contribution in [2.75, 3.05) is 26.0 Å². The lowest BCUT2D eigenvalue weighted by Gasteiger charge is -2.09. The van der Waals surface area contributed by atoms with Crippen molar-refractivity contribution in [1.82, 2.24) is 9.88 Å². The van der Waals surface area contributed by atoms with Crippen molar-refractivity contribution < 1.29 is 9.21 Å². The number of rotatable bonds is 3. The van der Waals surface area contributed by atoms with Gasteiger partial charge in [-0.3, -0.25) is 4.79 Å². The molecule has 1 amide bonds. The standard InChI is InChI=1S/C8H13N3O2/c1-6-5-13-8(10-6)9-4-7(12)11(2)3/h5H,4H2,1-3H3,(H,9,10). The lowest BCUT2D eigenvalue weighted by atomic mass is 10.5. The number of amides is 1. The molecule has 5 heteroatoms. The normalized spacial score (nSPS) is 9.77. The second-order valence-corrected chi connectivity index (χ2v) is 2.94. The first-order valence-electron chi connectivity index (χ1n) is 3.95. The Bertz CT molecular complexity index is 293. The predicted molar refractivity (Wildman–Crippen MR) is 48.4 cm³/mol. The van der Waals surface area contributed by atoms with Crippen molar-refractivity contribution in [3.8, 4) is 0 Å². The third-order valence-electron chi connectivity index (χ3n) is 1.51. The molecule has 0 aliphatic rings. The Labute approximate surface area is 76.7 Å². The molecule has 0 aromatic carbocycles. The molecule has 0 atom stereocenters. The van der Waals surface area contributed by atoms with Crippen LogP contribution in [0.15, 0.2) is 10.7 Å². The Morgan fingerprint density at radius 3 is 2.85 bits per heavy atom. The van der Waals surface area contributed by atoms with Gasteiger partial charge >= 0.3 is 0 Å². The van der Waals surface area contributed by atoms with E-state index in [2.05, 4.69) is 10.3 Å². The largest absolute Gasteiger partial charge is 0.432 e. The molecule has 0 saturated heterocycles. The molecule has 5 nitrogen and oxygen atoms in total. The Kier molecular flexibility index (Phi) is 2.89. The molecule has 1 heterocycles. The van der Waals surface area contributed by atoms with Crippen LogP contribution in [0.4, 0.5) is 6.01 Å². The number of aromatic nitrogens is 1. The molecule has 0 unspecified atom stereocenters. The van der Waals surface area contributed by atoms with Gasteiger partial charge in [0.15, 0.2) is 0 Å². The van der Waals surface area contributed by atoms with E-state index >= 15 is 0 Å². The number of likely N-dealkylation sites (N-methyl/N-ethyl adjacent to an activating group) is 1. The molecule has 0 aliphatic carbocycles. The fourth-order valence-corrected chi connectivity index (χ4v) is 0.745. The maximum Gasteiger partial charge on any atom is 0.295 e. The molecule has 1 rings (SSSR count). The van der Waals surface area contributed by atoms with Gasteiger partial charge in [-0.25, -0.2) is 0 Å². The SMILES string of the molecule is Cc1coc(NCC(=O)N(C)C)n1. The number of nitrogens with zero attached hydrogens (tertiary/aromatic N) is 2. The zero-order valence-electron chi connectivity index (χ0n) is 8.00. The molecule has 1 aromatic heterocycles. The van der Waals surface area contributed by atoms with Crippen molar-refractivity contribution >= 4 is 11.9 Å². The summed E-state index contributed by atoms with van der Waals surface area (Å²) in [6, 6.07) is 0.382. The molecular formula is C8H13N3O2. The van der Waals surface area contributed by atoms with Crippen molar-refractivity contribution in [3.63, 3.8) is 0 Å². The molecule has 0 spiro atoms. The average Bonchev–Trinajstić information content (AvgIpc) is 2.47. The van der Waals surface area contributed by atoms with Crippen molar-refractivity contribution in [2.45, 2.75) is 6.92 Å². The summed E-state index contributed by atoms with van der Waals surface area (Å²) >= 11 is 0. The number of carbonyl (C=O) groups is 1. The smallest absolute Gasteiger partial charge is 0.295 e. The number of hydrogen-bond donors (Lipinski definition) is 1. The van der Waals surface area contributed by atoms with Crippen molar-refractivity contribution in [1.29, 1.82) is 0 Å². The molecular weight excluding hydrogens is 170 g/mol. The van der Waals surface area contributed by atoms with Crippen LogP contribution in [0, 0.1) is 6.92 Å². The van der Waals surface area contributed by atoms with Gasteiger partial charge < -0.3 is 14.6 Å². The number of nitrogens with one attached hydrogen (secondary N) is 1. The van der Waals surface area contributed by atoms with Crippen LogP contribution in [-0.4, -0.2) is 36.4 Å². The highest BCUT2D eigenvalue weighted by Gasteiger charge is 2.05. The average molecular weight is 183 g/mol. The minimum absolute atomic E-state index is 0.0177. The molecule has 0 aliphatic heterocycles. The summed E-state index contributed by atoms with van der Waals surface area (Å²) in [4.78, 5) is 16.6. The summed E-state index contributed by atoms with van der Waals surface area (Å²) in [7, 11) is 3.40. The monoisotopic (exact) mass is 183 g/mol. The first-order valence-corrected chi connectivity index (χ1v) is 3.95. The number of aryl methyl sites for hydroxylation is 1. The van der Waals surface area contributed by atoms with Crippen LogP contribution in [0.25, 0.3) is 0 Å². The van der Waals surface area contributed by atoms with Gasteiger partial charge in [-0.05, 0) is 6.92 Å². The molecule has 72 valence electrons. The van der Waals surface area contributed by atoms with Gasteiger partial charge in [0.1, 0.15) is 6.26 Å². The molecule has 1 aromatic rings. The first-order chi connectivity index (χ1) is 6.09. The van der Waals surface area contributed by atoms with E-state index in [9.17, 15) is 4.79 Å². The Morgan fingerprint density at radius 1 is 1.69 bits per heavy atom. The fraction of sp³-hybridized carbons (Fsp3) is 0.500. The van der Waals surface area contributed by atoms with Crippen LogP contribution < -0.4 is 5.32 Å². The second kappa shape index (κ2) is 3.93. The minimum Gasteiger partial charge on any atom is -0.432 e. The summed E-state index contributed by atoms with van der Waals surface area (Å²) in [6.45, 7) is 2.02. The maximum atomic E-state index is 11.1. The fourth-order valence-electron chi connectivity index (χ4n) is 0.745. The third kappa shape index (κ3) is 2.77. The molecule has 1 N–H and O–H groups in total. The van der Waals surface area contributed by atoms with Gasteiger partial charge in [0.05, 0.1) is 12.2 Å². The van der Waals surface area contributed by atoms with E-state index < -0.39 is 0 Å². The Balaban J connectivity index is 2.39. The third-order valence-corrected chi connectivity index (χ3v) is 1.51. The van der Waals surface area contributed by atoms with E-state index in [1.165, 1.54) is 11.2 Å². The molecule has 0 fully saturated rings. The number of hydrogen-bond acceptors (Lipinski definition) is 4. The lowest BCUT2D eigenvalue weighted by molar-refractivity contribution is -0.126. The van der Waals surface area contributed by atoms with E-state index in [-0.39, 0.29) is 12.5 Å². The lowest BCUT2D eigenvalue weighted by Crippen LogP contribution is -2.28. The summed E-state index contributed by atoms with van der Waals surface area (Å²) in [5.74, 6) is -0.0177. The minimum atomic E-state index is -0.0177. The predicted octanol–water partition coefficient (Wildman–Crippen LogP) is 0.483. The Morgan fingerprint density at radius 2 is 2.38 bits per heavy atom. The van der Waals surface area contributed by atoms with E-state index in [0.717, 1.165) is 5.69 Å². The van der Waals surface area contributed by atoms with Gasteiger partial charge in [-0.1, -0.05) is 0 Å². The molecule has 13 heavy (non-hydrogen) atoms. The van der Waals surface area contributed by atoms with Gasteiger partial charge in [0.2, 0.25) is 5.91 Å². The number of oxazole rings is 1. The van der Waals surface area contributed by atoms with Crippen LogP contribution in [-0.2, 0) is 4.79 Å². The zero-order valence-corrected chi connectivity index (χ0v) is 8.00. The van der Waals surface area contributed by atoms with Crippen LogP contribution in [0.2, 0.25) is 0 Å². The van der Waals surface area contributed by atoms with E-state index in [4.69, 9.17) is 4.42 Å². The summed E-state index contributed by atoms with van der Waals surface area (Å²) in [5.41, 5.74) is 0.791. The zero-order chi connectivity index (χ0) is 9.84. The maximum absolute atomic E-state index is 11.1. The highest BCUT2D eigenvalue weighted by Crippen LogP contribution is 2.04. The van der Waals surface area contributed by atoms with Crippen molar-refractivity contribution in [2.24, 2.45) is 0 Å². The van der Waals surface area contributed by atoms with Gasteiger partial charge in [0.25, 0.3) is 6.01 Å². The number of anilines is 1. The highest BCUT2D eigenvalue weighted by molar-refractivity contribution is 5.79. The number of carbonyl (C=O) groups excluding carboxylic acids is 1. The summed E-state index contributed by atoms with van der Waals surface area (Å²) in [6.07, 6.45) is 1.53. The van der Waals surface area contributed by atoms with E-state index in [0.29, 0.717) is 6.01 Å². The van der Waals surface area contributed by atoms with E-state index in [1.807, 2.05) is 6.92 Å². The van der Waals surface area contributed by atoms with Crippen LogP contribution in [0.5, 0.6) is 0 Å². The molecule has 0 saturated carbocycles. The van der Waals surface area contributed by atoms with Gasteiger partial charge in [-0.15, -0.1) is 0 Å². The highest BCUT2D eigenvalue weighted by atomic mass is 16.4. The quantitative estimate of drug-likeness (QED) is 0.740. The molecule has 0 radical (unpaired) electrons. The van der Waals surface area contributed by atoms with Crippen LogP contribution >= 0.6 is 0 Å². The van der Waals surface area contributed by atoms with Gasteiger partial charge in [0, 0.05) is 14.1 Å². The van der Waals surface area contributed by atoms with Crippen molar-refractivity contribution in [3.05, 3.63) is 12.0 Å². The second-order valence-electron chi connectivity index (χ2n) is 2.94. The van der Waals surface area contributed by atoms with Gasteiger partial charge in [-0.2, -0.15) is 4.98 Å². The van der Waals surface area contributed by atoms with E-state index in [1.54, 1.807) is 14.1 Å². The van der Waals surface area contributed by atoms with Crippen LogP contribution in [0.3, 0.4) is 0 Å². The molecule has 0 bridgehead atoms. The topological polar surface area (TPSA) is 58.4 Å². The van der Waals surface area contributed by atoms with Crippen LogP contribution in [0.1, 0.15) is 5.69 Å². The summed E-state index contributed by atoms with van der Waals surface area (Å²) in [5, 5.41) is 2.78. The summed E-state index contributed by atoms with van der Waals surface area (Å²) < 4.78 is 5.00. The first kappa shape index (κ1) is 9.57.